The zero-order valence-corrected chi connectivity index (χ0v) is 17.8. The van der Waals surface area contributed by atoms with Crippen LogP contribution in [0.5, 0.6) is 5.75 Å². The molecule has 0 radical (unpaired) electrons. The number of carbonyl (C=O) groups is 2. The van der Waals surface area contributed by atoms with Crippen molar-refractivity contribution in [2.45, 2.75) is 6.18 Å². The molecule has 0 spiro atoms. The van der Waals surface area contributed by atoms with E-state index in [-0.39, 0.29) is 17.0 Å². The van der Waals surface area contributed by atoms with Crippen LogP contribution in [0.1, 0.15) is 15.9 Å². The number of anilines is 2. The van der Waals surface area contributed by atoms with Gasteiger partial charge in [-0.2, -0.15) is 13.2 Å². The summed E-state index contributed by atoms with van der Waals surface area (Å²) in [5.74, 6) is -0.797. The number of benzene rings is 3. The van der Waals surface area contributed by atoms with Gasteiger partial charge in [0.2, 0.25) is 0 Å². The van der Waals surface area contributed by atoms with Crippen LogP contribution in [-0.2, 0) is 11.0 Å². The number of amides is 2. The minimum absolute atomic E-state index is 0.00749. The number of hydrogen-bond acceptors (Lipinski definition) is 5. The molecule has 178 valence electrons. The third kappa shape index (κ3) is 5.82. The van der Waals surface area contributed by atoms with Gasteiger partial charge in [0.15, 0.2) is 6.61 Å². The highest BCUT2D eigenvalue weighted by atomic mass is 19.4. The Labute approximate surface area is 195 Å². The molecule has 0 aliphatic rings. The molecule has 0 aliphatic carbocycles. The van der Waals surface area contributed by atoms with Gasteiger partial charge in [0.1, 0.15) is 5.75 Å². The fraction of sp³-hybridized carbons (Fsp3) is 0.0833. The molecule has 2 amide bonds. The first-order valence-electron chi connectivity index (χ1n) is 10.2. The second-order valence-corrected chi connectivity index (χ2v) is 7.36. The number of hydrogen-bond donors (Lipinski definition) is 3. The zero-order valence-electron chi connectivity index (χ0n) is 17.8. The van der Waals surface area contributed by atoms with Gasteiger partial charge in [-0.3, -0.25) is 14.4 Å². The van der Waals surface area contributed by atoms with E-state index in [0.29, 0.717) is 22.2 Å². The van der Waals surface area contributed by atoms with Crippen LogP contribution in [-0.4, -0.2) is 28.4 Å². The molecule has 35 heavy (non-hydrogen) atoms. The largest absolute Gasteiger partial charge is 0.484 e. The topological polar surface area (TPSA) is 113 Å². The Balaban J connectivity index is 1.33. The Morgan fingerprint density at radius 1 is 0.943 bits per heavy atom. The molecular weight excluding hydrogens is 465 g/mol. The van der Waals surface area contributed by atoms with Crippen molar-refractivity contribution < 1.29 is 27.5 Å². The number of carbonyl (C=O) groups excluding carboxylic acids is 2. The highest BCUT2D eigenvalue weighted by molar-refractivity contribution is 6.05. The number of halogens is 3. The first-order valence-corrected chi connectivity index (χ1v) is 10.2. The minimum atomic E-state index is -4.52. The number of H-pyrrole nitrogens is 1. The van der Waals surface area contributed by atoms with Crippen molar-refractivity contribution in [1.82, 2.24) is 9.97 Å². The molecule has 8 nitrogen and oxygen atoms in total. The zero-order chi connectivity index (χ0) is 25.0. The van der Waals surface area contributed by atoms with Gasteiger partial charge in [0.05, 0.1) is 22.8 Å². The second kappa shape index (κ2) is 9.67. The highest BCUT2D eigenvalue weighted by Crippen LogP contribution is 2.30. The molecule has 11 heteroatoms. The normalized spacial score (nSPS) is 11.2. The maximum absolute atomic E-state index is 12.8. The lowest BCUT2D eigenvalue weighted by atomic mass is 10.2. The van der Waals surface area contributed by atoms with E-state index in [9.17, 15) is 27.6 Å². The number of aromatic amines is 1. The number of alkyl halides is 3. The molecule has 3 N–H and O–H groups in total. The molecule has 0 fully saturated rings. The van der Waals surface area contributed by atoms with Crippen LogP contribution in [0.4, 0.5) is 24.5 Å². The third-order valence-electron chi connectivity index (χ3n) is 4.86. The number of rotatable bonds is 6. The summed E-state index contributed by atoms with van der Waals surface area (Å²) in [5.41, 5.74) is -0.0160. The van der Waals surface area contributed by atoms with E-state index in [1.54, 1.807) is 12.1 Å². The standard InChI is InChI=1S/C24H17F3N4O4/c25-24(26,27)15-2-1-3-16(10-15)30-21(32)12-35-18-7-4-14(5-8-18)22(33)31-17-6-9-20-19(11-17)23(34)29-13-28-20/h1-11,13H,12H2,(H,30,32)(H,31,33)(H,28,29,34). The Morgan fingerprint density at radius 2 is 1.69 bits per heavy atom. The molecular formula is C24H17F3N4O4. The lowest BCUT2D eigenvalue weighted by Crippen LogP contribution is -2.20. The molecule has 0 saturated heterocycles. The minimum Gasteiger partial charge on any atom is -0.484 e. The lowest BCUT2D eigenvalue weighted by Gasteiger charge is -2.11. The molecule has 3 aromatic carbocycles. The van der Waals surface area contributed by atoms with E-state index in [1.807, 2.05) is 0 Å². The van der Waals surface area contributed by atoms with Crippen molar-refractivity contribution in [3.8, 4) is 5.75 Å². The third-order valence-corrected chi connectivity index (χ3v) is 4.86. The highest BCUT2D eigenvalue weighted by Gasteiger charge is 2.30. The predicted molar refractivity (Wildman–Crippen MR) is 122 cm³/mol. The molecule has 0 unspecified atom stereocenters. The second-order valence-electron chi connectivity index (χ2n) is 7.36. The average Bonchev–Trinajstić information content (AvgIpc) is 2.83. The van der Waals surface area contributed by atoms with Crippen molar-refractivity contribution in [3.63, 3.8) is 0 Å². The Bertz CT molecular complexity index is 1450. The maximum atomic E-state index is 12.8. The van der Waals surface area contributed by atoms with Crippen LogP contribution in [0.2, 0.25) is 0 Å². The summed E-state index contributed by atoms with van der Waals surface area (Å²) in [6, 6.07) is 14.9. The SMILES string of the molecule is O=C(COc1ccc(C(=O)Nc2ccc3nc[nH]c(=O)c3c2)cc1)Nc1cccc(C(F)(F)F)c1. The summed E-state index contributed by atoms with van der Waals surface area (Å²) >= 11 is 0. The van der Waals surface area contributed by atoms with E-state index in [4.69, 9.17) is 4.74 Å². The first kappa shape index (κ1) is 23.5. The smallest absolute Gasteiger partial charge is 0.416 e. The molecule has 0 bridgehead atoms. The predicted octanol–water partition coefficient (Wildman–Crippen LogP) is 4.21. The molecule has 0 aliphatic heterocycles. The molecule has 4 aromatic rings. The monoisotopic (exact) mass is 482 g/mol. The molecule has 1 heterocycles. The van der Waals surface area contributed by atoms with Gasteiger partial charge in [0.25, 0.3) is 17.4 Å². The fourth-order valence-electron chi connectivity index (χ4n) is 3.17. The van der Waals surface area contributed by atoms with Crippen LogP contribution in [0, 0.1) is 0 Å². The summed E-state index contributed by atoms with van der Waals surface area (Å²) in [4.78, 5) is 43.0. The number of ether oxygens (including phenoxy) is 1. The van der Waals surface area contributed by atoms with Crippen molar-refractivity contribution in [2.75, 3.05) is 17.2 Å². The van der Waals surface area contributed by atoms with Gasteiger partial charge in [-0.05, 0) is 60.7 Å². The Hall–Kier alpha value is -4.67. The van der Waals surface area contributed by atoms with Gasteiger partial charge in [0, 0.05) is 16.9 Å². The van der Waals surface area contributed by atoms with Crippen molar-refractivity contribution in [2.24, 2.45) is 0 Å². The number of fused-ring (bicyclic) bond motifs is 1. The summed E-state index contributed by atoms with van der Waals surface area (Å²) in [6.07, 6.45) is -3.23. The molecule has 0 saturated carbocycles. The molecule has 4 rings (SSSR count). The van der Waals surface area contributed by atoms with Crippen molar-refractivity contribution >= 4 is 34.1 Å². The van der Waals surface area contributed by atoms with E-state index in [1.165, 1.54) is 48.8 Å². The lowest BCUT2D eigenvalue weighted by molar-refractivity contribution is -0.137. The van der Waals surface area contributed by atoms with Gasteiger partial charge in [-0.1, -0.05) is 6.07 Å². The summed E-state index contributed by atoms with van der Waals surface area (Å²) in [7, 11) is 0. The molecule has 1 aromatic heterocycles. The van der Waals surface area contributed by atoms with Gasteiger partial charge in [-0.25, -0.2) is 4.98 Å². The van der Waals surface area contributed by atoms with Crippen molar-refractivity contribution in [1.29, 1.82) is 0 Å². The van der Waals surface area contributed by atoms with Crippen LogP contribution in [0.15, 0.2) is 77.9 Å². The number of nitrogens with one attached hydrogen (secondary N) is 3. The summed E-state index contributed by atoms with van der Waals surface area (Å²) < 4.78 is 43.7. The Morgan fingerprint density at radius 3 is 2.43 bits per heavy atom. The fourth-order valence-corrected chi connectivity index (χ4v) is 3.17. The van der Waals surface area contributed by atoms with Gasteiger partial charge < -0.3 is 20.4 Å². The van der Waals surface area contributed by atoms with Crippen molar-refractivity contribution in [3.05, 3.63) is 94.5 Å². The summed E-state index contributed by atoms with van der Waals surface area (Å²) in [6.45, 7) is -0.443. The average molecular weight is 482 g/mol. The first-order chi connectivity index (χ1) is 16.7. The van der Waals surface area contributed by atoms with Gasteiger partial charge in [-0.15, -0.1) is 0 Å². The van der Waals surface area contributed by atoms with Crippen LogP contribution >= 0.6 is 0 Å². The van der Waals surface area contributed by atoms with E-state index in [2.05, 4.69) is 20.6 Å². The number of aromatic nitrogens is 2. The van der Waals surface area contributed by atoms with Crippen LogP contribution < -0.4 is 20.9 Å². The number of nitrogens with zero attached hydrogens (tertiary/aromatic N) is 1. The van der Waals surface area contributed by atoms with E-state index < -0.39 is 30.2 Å². The Kier molecular flexibility index (Phi) is 6.49. The molecule has 0 atom stereocenters. The van der Waals surface area contributed by atoms with E-state index in [0.717, 1.165) is 12.1 Å². The van der Waals surface area contributed by atoms with Crippen LogP contribution in [0.3, 0.4) is 0 Å². The summed E-state index contributed by atoms with van der Waals surface area (Å²) in [5, 5.41) is 5.36. The van der Waals surface area contributed by atoms with Gasteiger partial charge >= 0.3 is 6.18 Å². The maximum Gasteiger partial charge on any atom is 0.416 e. The van der Waals surface area contributed by atoms with Crippen LogP contribution in [0.25, 0.3) is 10.9 Å². The van der Waals surface area contributed by atoms with E-state index >= 15 is 0 Å². The quantitative estimate of drug-likeness (QED) is 0.381.